The molecule has 0 unspecified atom stereocenters. The lowest BCUT2D eigenvalue weighted by atomic mass is 9.96. The lowest BCUT2D eigenvalue weighted by molar-refractivity contribution is 0.102. The van der Waals surface area contributed by atoms with Gasteiger partial charge in [0, 0.05) is 16.8 Å². The number of amides is 1. The molecule has 2 aromatic carbocycles. The summed E-state index contributed by atoms with van der Waals surface area (Å²) in [5.41, 5.74) is 5.47. The van der Waals surface area contributed by atoms with Crippen molar-refractivity contribution in [3.05, 3.63) is 69.1 Å². The zero-order valence-electron chi connectivity index (χ0n) is 22.4. The largest absolute Gasteiger partial charge is 0.513 e. The number of aryl methyl sites for hydroxylation is 3. The maximum atomic E-state index is 13.7. The number of methoxy groups -OCH3 is 1. The van der Waals surface area contributed by atoms with Crippen molar-refractivity contribution in [2.45, 2.75) is 59.3 Å². The number of carbonyl (C=O) groups is 2. The highest BCUT2D eigenvalue weighted by Gasteiger charge is 2.24. The molecule has 8 heteroatoms. The van der Waals surface area contributed by atoms with Crippen LogP contribution in [0.2, 0.25) is 0 Å². The van der Waals surface area contributed by atoms with E-state index < -0.39 is 6.16 Å². The molecule has 0 bridgehead atoms. The summed E-state index contributed by atoms with van der Waals surface area (Å²) in [6, 6.07) is 11.2. The highest BCUT2D eigenvalue weighted by molar-refractivity contribution is 7.16. The van der Waals surface area contributed by atoms with Crippen LogP contribution in [0.3, 0.4) is 0 Å². The molecule has 0 radical (unpaired) electrons. The van der Waals surface area contributed by atoms with Gasteiger partial charge in [-0.3, -0.25) is 4.79 Å². The third-order valence-electron chi connectivity index (χ3n) is 6.50. The predicted molar refractivity (Wildman–Crippen MR) is 152 cm³/mol. The van der Waals surface area contributed by atoms with Gasteiger partial charge in [0.15, 0.2) is 11.5 Å². The number of hydrogen-bond acceptors (Lipinski definition) is 7. The van der Waals surface area contributed by atoms with Crippen molar-refractivity contribution in [2.75, 3.05) is 19.0 Å². The monoisotopic (exact) mass is 534 g/mol. The molecule has 38 heavy (non-hydrogen) atoms. The second-order valence-electron chi connectivity index (χ2n) is 9.32. The molecule has 4 rings (SSSR count). The Balaban J connectivity index is 1.66. The molecule has 7 nitrogen and oxygen atoms in total. The fourth-order valence-corrected chi connectivity index (χ4v) is 5.73. The molecule has 200 valence electrons. The van der Waals surface area contributed by atoms with E-state index in [0.29, 0.717) is 16.3 Å². The summed E-state index contributed by atoms with van der Waals surface area (Å²) in [5.74, 6) is 0.517. The maximum absolute atomic E-state index is 13.7. The first kappa shape index (κ1) is 27.4. The second kappa shape index (κ2) is 12.7. The molecule has 1 amide bonds. The number of fused-ring (bicyclic) bond motifs is 1. The van der Waals surface area contributed by atoms with Gasteiger partial charge < -0.3 is 19.5 Å². The van der Waals surface area contributed by atoms with E-state index in [9.17, 15) is 9.59 Å². The van der Waals surface area contributed by atoms with Gasteiger partial charge >= 0.3 is 6.16 Å². The minimum atomic E-state index is -0.789. The Kier molecular flexibility index (Phi) is 9.18. The smallest absolute Gasteiger partial charge is 0.493 e. The number of nitrogens with zero attached hydrogens (tertiary/aromatic N) is 1. The van der Waals surface area contributed by atoms with Crippen LogP contribution in [0.4, 0.5) is 15.5 Å². The lowest BCUT2D eigenvalue weighted by Crippen LogP contribution is -2.15. The van der Waals surface area contributed by atoms with Crippen molar-refractivity contribution in [2.24, 2.45) is 4.99 Å². The number of anilines is 1. The molecule has 0 spiro atoms. The molecule has 0 fully saturated rings. The van der Waals surface area contributed by atoms with Crippen LogP contribution in [-0.2, 0) is 17.6 Å². The molecule has 0 saturated carbocycles. The second-order valence-corrected chi connectivity index (χ2v) is 10.4. The molecule has 0 saturated heterocycles. The van der Waals surface area contributed by atoms with E-state index in [0.717, 1.165) is 53.6 Å². The normalized spacial score (nSPS) is 13.4. The van der Waals surface area contributed by atoms with E-state index >= 15 is 0 Å². The highest BCUT2D eigenvalue weighted by atomic mass is 32.1. The number of benzene rings is 2. The molecular weight excluding hydrogens is 500 g/mol. The molecular formula is C30H34N2O5S. The van der Waals surface area contributed by atoms with Gasteiger partial charge in [-0.1, -0.05) is 25.0 Å². The Hall–Kier alpha value is -3.65. The minimum Gasteiger partial charge on any atom is -0.493 e. The van der Waals surface area contributed by atoms with Crippen LogP contribution in [-0.4, -0.2) is 32.0 Å². The minimum absolute atomic E-state index is 0.125. The molecule has 1 N–H and O–H groups in total. The first-order valence-corrected chi connectivity index (χ1v) is 13.8. The van der Waals surface area contributed by atoms with E-state index in [-0.39, 0.29) is 18.3 Å². The summed E-state index contributed by atoms with van der Waals surface area (Å²) >= 11 is 1.60. The van der Waals surface area contributed by atoms with Gasteiger partial charge in [-0.15, -0.1) is 11.3 Å². The molecule has 0 atom stereocenters. The number of carbonyl (C=O) groups excluding carboxylic acids is 2. The standard InChI is InChI=1S/C30H34N2O5S/c1-5-36-30(34)37-24-15-14-21(17-25(24)35-4)18-31-29-27(22-10-8-6-7-9-11-26(22)38-29)28(33)32-23-16-19(2)12-13-20(23)3/h12-18H,5-11H2,1-4H3,(H,32,33). The van der Waals surface area contributed by atoms with Gasteiger partial charge in [0.1, 0.15) is 5.00 Å². The van der Waals surface area contributed by atoms with Gasteiger partial charge in [-0.25, -0.2) is 9.79 Å². The summed E-state index contributed by atoms with van der Waals surface area (Å²) in [4.78, 5) is 31.4. The number of rotatable bonds is 7. The predicted octanol–water partition coefficient (Wildman–Crippen LogP) is 7.57. The Morgan fingerprint density at radius 2 is 1.82 bits per heavy atom. The summed E-state index contributed by atoms with van der Waals surface area (Å²) in [6.45, 7) is 5.94. The molecule has 3 aromatic rings. The topological polar surface area (TPSA) is 86.2 Å². The van der Waals surface area contributed by atoms with Gasteiger partial charge in [0.05, 0.1) is 19.3 Å². The van der Waals surface area contributed by atoms with E-state index in [2.05, 4.69) is 5.32 Å². The molecule has 1 aliphatic rings. The average molecular weight is 535 g/mol. The van der Waals surface area contributed by atoms with Crippen LogP contribution >= 0.6 is 11.3 Å². The van der Waals surface area contributed by atoms with Crippen molar-refractivity contribution >= 4 is 40.3 Å². The van der Waals surface area contributed by atoms with E-state index in [1.54, 1.807) is 42.7 Å². The first-order valence-electron chi connectivity index (χ1n) is 13.0. The van der Waals surface area contributed by atoms with Gasteiger partial charge in [0.2, 0.25) is 0 Å². The van der Waals surface area contributed by atoms with Gasteiger partial charge in [-0.2, -0.15) is 0 Å². The zero-order valence-corrected chi connectivity index (χ0v) is 23.2. The molecule has 1 aromatic heterocycles. The van der Waals surface area contributed by atoms with Crippen molar-refractivity contribution in [3.63, 3.8) is 0 Å². The van der Waals surface area contributed by atoms with Crippen LogP contribution in [0.1, 0.15) is 70.1 Å². The Morgan fingerprint density at radius 1 is 1.03 bits per heavy atom. The summed E-state index contributed by atoms with van der Waals surface area (Å²) in [7, 11) is 1.50. The fraction of sp³-hybridized carbons (Fsp3) is 0.367. The van der Waals surface area contributed by atoms with Crippen LogP contribution in [0.15, 0.2) is 41.4 Å². The number of hydrogen-bond donors (Lipinski definition) is 1. The lowest BCUT2D eigenvalue weighted by Gasteiger charge is -2.13. The van der Waals surface area contributed by atoms with Crippen LogP contribution in [0.5, 0.6) is 11.5 Å². The Morgan fingerprint density at radius 3 is 2.58 bits per heavy atom. The van der Waals surface area contributed by atoms with Crippen molar-refractivity contribution in [1.82, 2.24) is 0 Å². The van der Waals surface area contributed by atoms with Gasteiger partial charge in [-0.05, 0) is 93.0 Å². The summed E-state index contributed by atoms with van der Waals surface area (Å²) in [6.07, 6.45) is 7.33. The van der Waals surface area contributed by atoms with Gasteiger partial charge in [0.25, 0.3) is 5.91 Å². The Bertz CT molecular complexity index is 1340. The van der Waals surface area contributed by atoms with Crippen LogP contribution < -0.4 is 14.8 Å². The number of aliphatic imine (C=N–C) groups is 1. The Labute approximate surface area is 227 Å². The van der Waals surface area contributed by atoms with Crippen molar-refractivity contribution in [3.8, 4) is 11.5 Å². The van der Waals surface area contributed by atoms with Crippen LogP contribution in [0, 0.1) is 13.8 Å². The number of thiophene rings is 1. The van der Waals surface area contributed by atoms with E-state index in [1.807, 2.05) is 32.0 Å². The van der Waals surface area contributed by atoms with E-state index in [4.69, 9.17) is 19.2 Å². The maximum Gasteiger partial charge on any atom is 0.513 e. The zero-order chi connectivity index (χ0) is 27.1. The number of nitrogens with one attached hydrogen (secondary N) is 1. The summed E-state index contributed by atoms with van der Waals surface area (Å²) < 4.78 is 15.5. The average Bonchev–Trinajstić information content (AvgIpc) is 3.21. The van der Waals surface area contributed by atoms with E-state index in [1.165, 1.54) is 24.8 Å². The molecule has 0 aliphatic heterocycles. The summed E-state index contributed by atoms with van der Waals surface area (Å²) in [5, 5.41) is 3.85. The van der Waals surface area contributed by atoms with Crippen LogP contribution in [0.25, 0.3) is 0 Å². The SMILES string of the molecule is CCOC(=O)Oc1ccc(C=Nc2sc3c(c2C(=O)Nc2cc(C)ccc2C)CCCCCC3)cc1OC. The van der Waals surface area contributed by atoms with Crippen molar-refractivity contribution < 1.29 is 23.8 Å². The van der Waals surface area contributed by atoms with Crippen molar-refractivity contribution in [1.29, 1.82) is 0 Å². The molecule has 1 heterocycles. The third-order valence-corrected chi connectivity index (χ3v) is 7.69. The molecule has 1 aliphatic carbocycles. The highest BCUT2D eigenvalue weighted by Crippen LogP contribution is 2.39. The number of ether oxygens (including phenoxy) is 3. The quantitative estimate of drug-likeness (QED) is 0.192. The first-order chi connectivity index (χ1) is 18.4. The third kappa shape index (κ3) is 6.61. The fourth-order valence-electron chi connectivity index (χ4n) is 4.50.